The van der Waals surface area contributed by atoms with Crippen molar-refractivity contribution in [2.75, 3.05) is 0 Å². The van der Waals surface area contributed by atoms with E-state index in [4.69, 9.17) is 4.74 Å². The van der Waals surface area contributed by atoms with Crippen LogP contribution in [0.4, 0.5) is 5.69 Å². The topological polar surface area (TPSA) is 116 Å². The molecule has 0 unspecified atom stereocenters. The standard InChI is InChI=1S/C17H17BrN2O6S/c1-11(2)19-27(24,25)14-7-8-16(18)15(9-14)17(21)26-10-12-3-5-13(6-4-12)20(22)23/h3-9,11,19H,10H2,1-2H3. The minimum atomic E-state index is -3.75. The minimum Gasteiger partial charge on any atom is -0.457 e. The molecule has 0 saturated carbocycles. The summed E-state index contributed by atoms with van der Waals surface area (Å²) in [6.45, 7) is 3.27. The molecule has 0 spiro atoms. The van der Waals surface area contributed by atoms with Crippen LogP contribution in [-0.4, -0.2) is 25.4 Å². The maximum atomic E-state index is 12.3. The third-order valence-corrected chi connectivity index (χ3v) is 5.72. The fraction of sp³-hybridized carbons (Fsp3) is 0.235. The molecule has 144 valence electrons. The van der Waals surface area contributed by atoms with Crippen LogP contribution in [0.5, 0.6) is 0 Å². The van der Waals surface area contributed by atoms with E-state index >= 15 is 0 Å². The molecule has 0 aromatic heterocycles. The van der Waals surface area contributed by atoms with Gasteiger partial charge in [0.2, 0.25) is 10.0 Å². The Labute approximate surface area is 164 Å². The molecule has 0 radical (unpaired) electrons. The number of carbonyl (C=O) groups is 1. The molecular weight excluding hydrogens is 440 g/mol. The van der Waals surface area contributed by atoms with Crippen molar-refractivity contribution >= 4 is 37.6 Å². The summed E-state index contributed by atoms with van der Waals surface area (Å²) in [5.74, 6) is -0.721. The van der Waals surface area contributed by atoms with Gasteiger partial charge in [-0.05, 0) is 65.7 Å². The number of hydrogen-bond donors (Lipinski definition) is 1. The molecule has 0 aliphatic rings. The molecule has 0 saturated heterocycles. The van der Waals surface area contributed by atoms with Gasteiger partial charge in [0, 0.05) is 22.6 Å². The lowest BCUT2D eigenvalue weighted by Crippen LogP contribution is -2.30. The first-order chi connectivity index (χ1) is 12.6. The van der Waals surface area contributed by atoms with Crippen molar-refractivity contribution in [3.8, 4) is 0 Å². The number of nitrogens with zero attached hydrogens (tertiary/aromatic N) is 1. The number of ether oxygens (including phenoxy) is 1. The van der Waals surface area contributed by atoms with E-state index in [-0.39, 0.29) is 28.8 Å². The summed E-state index contributed by atoms with van der Waals surface area (Å²) < 4.78 is 32.5. The highest BCUT2D eigenvalue weighted by molar-refractivity contribution is 9.10. The van der Waals surface area contributed by atoms with Crippen molar-refractivity contribution in [1.82, 2.24) is 4.72 Å². The summed E-state index contributed by atoms with van der Waals surface area (Å²) in [5, 5.41) is 10.6. The summed E-state index contributed by atoms with van der Waals surface area (Å²) in [6, 6.07) is 9.35. The summed E-state index contributed by atoms with van der Waals surface area (Å²) in [7, 11) is -3.75. The number of rotatable bonds is 7. The number of hydrogen-bond acceptors (Lipinski definition) is 6. The second-order valence-corrected chi connectivity index (χ2v) is 8.49. The molecule has 2 rings (SSSR count). The van der Waals surface area contributed by atoms with Crippen molar-refractivity contribution in [3.63, 3.8) is 0 Å². The van der Waals surface area contributed by atoms with Crippen LogP contribution in [0.1, 0.15) is 29.8 Å². The fourth-order valence-electron chi connectivity index (χ4n) is 2.15. The number of halogens is 1. The Morgan fingerprint density at radius 2 is 1.85 bits per heavy atom. The summed E-state index contributed by atoms with van der Waals surface area (Å²) in [6.07, 6.45) is 0. The molecule has 10 heteroatoms. The molecule has 1 N–H and O–H groups in total. The second kappa shape index (κ2) is 8.59. The predicted octanol–water partition coefficient (Wildman–Crippen LogP) is 3.40. The lowest BCUT2D eigenvalue weighted by atomic mass is 10.2. The van der Waals surface area contributed by atoms with E-state index in [9.17, 15) is 23.3 Å². The van der Waals surface area contributed by atoms with Crippen LogP contribution >= 0.6 is 15.9 Å². The second-order valence-electron chi connectivity index (χ2n) is 5.92. The molecule has 0 fully saturated rings. The Morgan fingerprint density at radius 3 is 2.41 bits per heavy atom. The van der Waals surface area contributed by atoms with E-state index in [1.165, 1.54) is 42.5 Å². The van der Waals surface area contributed by atoms with Crippen LogP contribution in [0, 0.1) is 10.1 Å². The van der Waals surface area contributed by atoms with Gasteiger partial charge in [0.25, 0.3) is 5.69 Å². The molecule has 2 aromatic rings. The molecule has 0 bridgehead atoms. The highest BCUT2D eigenvalue weighted by Crippen LogP contribution is 2.23. The monoisotopic (exact) mass is 456 g/mol. The maximum absolute atomic E-state index is 12.3. The molecule has 0 aliphatic carbocycles. The van der Waals surface area contributed by atoms with Crippen molar-refractivity contribution in [1.29, 1.82) is 0 Å². The quantitative estimate of drug-likeness (QED) is 0.387. The summed E-state index contributed by atoms with van der Waals surface area (Å²) in [5.41, 5.74) is 0.558. The zero-order valence-corrected chi connectivity index (χ0v) is 16.9. The molecule has 0 heterocycles. The number of non-ortho nitro benzene ring substituents is 1. The number of esters is 1. The third-order valence-electron chi connectivity index (χ3n) is 3.38. The normalized spacial score (nSPS) is 11.4. The Bertz CT molecular complexity index is 958. The maximum Gasteiger partial charge on any atom is 0.339 e. The van der Waals surface area contributed by atoms with Gasteiger partial charge in [-0.2, -0.15) is 0 Å². The van der Waals surface area contributed by atoms with Gasteiger partial charge >= 0.3 is 5.97 Å². The molecule has 8 nitrogen and oxygen atoms in total. The van der Waals surface area contributed by atoms with Crippen LogP contribution in [0.3, 0.4) is 0 Å². The summed E-state index contributed by atoms with van der Waals surface area (Å²) in [4.78, 5) is 22.4. The van der Waals surface area contributed by atoms with E-state index in [0.717, 1.165) is 0 Å². The Balaban J connectivity index is 2.16. The number of benzene rings is 2. The Morgan fingerprint density at radius 1 is 1.22 bits per heavy atom. The first kappa shape index (κ1) is 21.0. The zero-order chi connectivity index (χ0) is 20.2. The Hall–Kier alpha value is -2.30. The van der Waals surface area contributed by atoms with Gasteiger partial charge in [0.15, 0.2) is 0 Å². The van der Waals surface area contributed by atoms with Crippen molar-refractivity contribution < 1.29 is 22.9 Å². The fourth-order valence-corrected chi connectivity index (χ4v) is 3.83. The predicted molar refractivity (Wildman–Crippen MR) is 102 cm³/mol. The summed E-state index contributed by atoms with van der Waals surface area (Å²) >= 11 is 3.21. The molecule has 27 heavy (non-hydrogen) atoms. The number of nitro groups is 1. The number of sulfonamides is 1. The average Bonchev–Trinajstić information content (AvgIpc) is 2.59. The highest BCUT2D eigenvalue weighted by Gasteiger charge is 2.20. The lowest BCUT2D eigenvalue weighted by molar-refractivity contribution is -0.384. The van der Waals surface area contributed by atoms with E-state index in [1.807, 2.05) is 0 Å². The zero-order valence-electron chi connectivity index (χ0n) is 14.5. The average molecular weight is 457 g/mol. The molecule has 0 amide bonds. The van der Waals surface area contributed by atoms with Crippen LogP contribution in [0.25, 0.3) is 0 Å². The number of carbonyl (C=O) groups excluding carboxylic acids is 1. The molecule has 2 aromatic carbocycles. The molecule has 0 aliphatic heterocycles. The van der Waals surface area contributed by atoms with E-state index in [0.29, 0.717) is 10.0 Å². The number of nitrogens with one attached hydrogen (secondary N) is 1. The van der Waals surface area contributed by atoms with E-state index < -0.39 is 20.9 Å². The van der Waals surface area contributed by atoms with Crippen LogP contribution in [-0.2, 0) is 21.4 Å². The van der Waals surface area contributed by atoms with Crippen LogP contribution < -0.4 is 4.72 Å². The Kier molecular flexibility index (Phi) is 6.68. The van der Waals surface area contributed by atoms with Crippen LogP contribution in [0.15, 0.2) is 51.8 Å². The van der Waals surface area contributed by atoms with Crippen molar-refractivity contribution in [2.45, 2.75) is 31.4 Å². The number of nitro benzene ring substituents is 1. The molecule has 0 atom stereocenters. The first-order valence-corrected chi connectivity index (χ1v) is 10.1. The SMILES string of the molecule is CC(C)NS(=O)(=O)c1ccc(Br)c(C(=O)OCc2ccc([N+](=O)[O-])cc2)c1. The van der Waals surface area contributed by atoms with Gasteiger partial charge in [-0.15, -0.1) is 0 Å². The highest BCUT2D eigenvalue weighted by atomic mass is 79.9. The van der Waals surface area contributed by atoms with Gasteiger partial charge in [-0.3, -0.25) is 10.1 Å². The van der Waals surface area contributed by atoms with Gasteiger partial charge in [0.05, 0.1) is 15.4 Å². The van der Waals surface area contributed by atoms with Crippen LogP contribution in [0.2, 0.25) is 0 Å². The smallest absolute Gasteiger partial charge is 0.339 e. The van der Waals surface area contributed by atoms with E-state index in [1.54, 1.807) is 13.8 Å². The van der Waals surface area contributed by atoms with Crippen molar-refractivity contribution in [3.05, 3.63) is 68.2 Å². The van der Waals surface area contributed by atoms with Gasteiger partial charge in [0.1, 0.15) is 6.61 Å². The molecular formula is C17H17BrN2O6S. The van der Waals surface area contributed by atoms with Gasteiger partial charge < -0.3 is 4.74 Å². The first-order valence-electron chi connectivity index (χ1n) is 7.82. The van der Waals surface area contributed by atoms with Gasteiger partial charge in [-0.25, -0.2) is 17.9 Å². The van der Waals surface area contributed by atoms with E-state index in [2.05, 4.69) is 20.7 Å². The largest absolute Gasteiger partial charge is 0.457 e. The third kappa shape index (κ3) is 5.59. The lowest BCUT2D eigenvalue weighted by Gasteiger charge is -2.12. The van der Waals surface area contributed by atoms with Gasteiger partial charge in [-0.1, -0.05) is 0 Å². The van der Waals surface area contributed by atoms with Crippen molar-refractivity contribution in [2.24, 2.45) is 0 Å². The minimum absolute atomic E-state index is 0.0540.